The van der Waals surface area contributed by atoms with E-state index in [1.54, 1.807) is 4.90 Å². The van der Waals surface area contributed by atoms with Crippen LogP contribution in [0.25, 0.3) is 0 Å². The maximum Gasteiger partial charge on any atom is 0.291 e. The van der Waals surface area contributed by atoms with Gasteiger partial charge in [-0.25, -0.2) is 9.97 Å². The van der Waals surface area contributed by atoms with Gasteiger partial charge < -0.3 is 13.9 Å². The summed E-state index contributed by atoms with van der Waals surface area (Å²) in [4.78, 5) is 22.3. The number of hydrogen-bond donors (Lipinski definition) is 0. The molecule has 3 rings (SSSR count). The van der Waals surface area contributed by atoms with Crippen molar-refractivity contribution in [2.24, 2.45) is 7.05 Å². The zero-order chi connectivity index (χ0) is 13.4. The molecule has 19 heavy (non-hydrogen) atoms. The highest BCUT2D eigenvalue weighted by Crippen LogP contribution is 2.27. The van der Waals surface area contributed by atoms with E-state index in [-0.39, 0.29) is 5.91 Å². The molecule has 0 aliphatic carbocycles. The third-order valence-corrected chi connectivity index (χ3v) is 3.52. The molecule has 1 atom stereocenters. The van der Waals surface area contributed by atoms with Gasteiger partial charge in [-0.15, -0.1) is 0 Å². The minimum Gasteiger partial charge on any atom is -0.438 e. The van der Waals surface area contributed by atoms with Crippen LogP contribution in [0.15, 0.2) is 23.2 Å². The first kappa shape index (κ1) is 12.0. The van der Waals surface area contributed by atoms with Crippen LogP contribution in [-0.2, 0) is 7.05 Å². The Balaban J connectivity index is 1.74. The Morgan fingerprint density at radius 2 is 2.37 bits per heavy atom. The molecule has 2 aromatic rings. The highest BCUT2D eigenvalue weighted by atomic mass is 16.3. The molecule has 3 heterocycles. The van der Waals surface area contributed by atoms with Gasteiger partial charge in [0, 0.05) is 32.3 Å². The third-order valence-electron chi connectivity index (χ3n) is 3.52. The smallest absolute Gasteiger partial charge is 0.291 e. The van der Waals surface area contributed by atoms with E-state index in [1.165, 1.54) is 12.6 Å². The number of imidazole rings is 1. The molecule has 1 aliphatic rings. The van der Waals surface area contributed by atoms with Gasteiger partial charge in [-0.2, -0.15) is 0 Å². The van der Waals surface area contributed by atoms with E-state index in [2.05, 4.69) is 9.97 Å². The number of rotatable bonds is 2. The molecule has 0 radical (unpaired) electrons. The van der Waals surface area contributed by atoms with Crippen LogP contribution in [0.2, 0.25) is 0 Å². The quantitative estimate of drug-likeness (QED) is 0.817. The molecule has 1 amide bonds. The molecular formula is C13H16N4O2. The van der Waals surface area contributed by atoms with Gasteiger partial charge in [0.05, 0.1) is 11.9 Å². The minimum atomic E-state index is -0.0917. The van der Waals surface area contributed by atoms with Gasteiger partial charge in [0.25, 0.3) is 5.91 Å². The van der Waals surface area contributed by atoms with E-state index < -0.39 is 0 Å². The maximum atomic E-state index is 12.1. The fourth-order valence-electron chi connectivity index (χ4n) is 2.65. The van der Waals surface area contributed by atoms with Gasteiger partial charge in [0.2, 0.25) is 5.76 Å². The number of amides is 1. The van der Waals surface area contributed by atoms with Crippen LogP contribution in [-0.4, -0.2) is 38.4 Å². The summed E-state index contributed by atoms with van der Waals surface area (Å²) in [6.45, 7) is 3.40. The molecule has 1 saturated heterocycles. The Morgan fingerprint density at radius 3 is 3.00 bits per heavy atom. The predicted octanol–water partition coefficient (Wildman–Crippen LogP) is 1.35. The number of carbonyl (C=O) groups is 1. The minimum absolute atomic E-state index is 0.0917. The van der Waals surface area contributed by atoms with Gasteiger partial charge in [0.15, 0.2) is 6.39 Å². The summed E-state index contributed by atoms with van der Waals surface area (Å²) in [5.74, 6) is 1.55. The van der Waals surface area contributed by atoms with Crippen molar-refractivity contribution in [1.82, 2.24) is 19.4 Å². The molecule has 1 fully saturated rings. The van der Waals surface area contributed by atoms with E-state index >= 15 is 0 Å². The van der Waals surface area contributed by atoms with Gasteiger partial charge in [-0.1, -0.05) is 0 Å². The molecule has 6 nitrogen and oxygen atoms in total. The number of likely N-dealkylation sites (tertiary alicyclic amines) is 1. The van der Waals surface area contributed by atoms with Crippen LogP contribution in [0, 0.1) is 6.92 Å². The van der Waals surface area contributed by atoms with Crippen LogP contribution in [0.4, 0.5) is 0 Å². The lowest BCUT2D eigenvalue weighted by Gasteiger charge is -2.14. The van der Waals surface area contributed by atoms with Crippen molar-refractivity contribution < 1.29 is 9.21 Å². The average molecular weight is 260 g/mol. The van der Waals surface area contributed by atoms with Crippen LogP contribution in [0.1, 0.15) is 34.4 Å². The molecule has 0 bridgehead atoms. The standard InChI is InChI=1S/C13H16N4O2/c1-9-6-16(2)12(15-9)10-3-4-17(7-10)13(18)11-5-14-8-19-11/h5-6,8,10H,3-4,7H2,1-2H3. The first-order valence-electron chi connectivity index (χ1n) is 6.33. The van der Waals surface area contributed by atoms with Crippen molar-refractivity contribution >= 4 is 5.91 Å². The highest BCUT2D eigenvalue weighted by Gasteiger charge is 2.31. The van der Waals surface area contributed by atoms with Crippen LogP contribution in [0.5, 0.6) is 0 Å². The number of carbonyl (C=O) groups excluding carboxylic acids is 1. The Hall–Kier alpha value is -2.11. The number of oxazole rings is 1. The predicted molar refractivity (Wildman–Crippen MR) is 67.7 cm³/mol. The fraction of sp³-hybridized carbons (Fsp3) is 0.462. The largest absolute Gasteiger partial charge is 0.438 e. The molecule has 0 spiro atoms. The lowest BCUT2D eigenvalue weighted by Crippen LogP contribution is -2.28. The second kappa shape index (κ2) is 4.53. The molecular weight excluding hydrogens is 244 g/mol. The summed E-state index contributed by atoms with van der Waals surface area (Å²) >= 11 is 0. The van der Waals surface area contributed by atoms with Crippen molar-refractivity contribution in [3.05, 3.63) is 36.1 Å². The molecule has 6 heteroatoms. The zero-order valence-electron chi connectivity index (χ0n) is 11.0. The summed E-state index contributed by atoms with van der Waals surface area (Å²) in [6.07, 6.45) is 5.68. The van der Waals surface area contributed by atoms with Crippen LogP contribution < -0.4 is 0 Å². The Kier molecular flexibility index (Phi) is 2.85. The average Bonchev–Trinajstić information content (AvgIpc) is 3.08. The van der Waals surface area contributed by atoms with Crippen molar-refractivity contribution in [3.8, 4) is 0 Å². The first-order valence-corrected chi connectivity index (χ1v) is 6.33. The molecule has 0 saturated carbocycles. The lowest BCUT2D eigenvalue weighted by atomic mass is 10.1. The van der Waals surface area contributed by atoms with E-state index in [4.69, 9.17) is 4.42 Å². The van der Waals surface area contributed by atoms with Crippen molar-refractivity contribution in [2.45, 2.75) is 19.3 Å². The van der Waals surface area contributed by atoms with E-state index in [1.807, 2.05) is 24.7 Å². The number of nitrogens with zero attached hydrogens (tertiary/aromatic N) is 4. The van der Waals surface area contributed by atoms with E-state index in [0.29, 0.717) is 18.2 Å². The molecule has 100 valence electrons. The second-order valence-corrected chi connectivity index (χ2v) is 4.95. The zero-order valence-corrected chi connectivity index (χ0v) is 11.0. The SMILES string of the molecule is Cc1cn(C)c(C2CCN(C(=O)c3cnco3)C2)n1. The summed E-state index contributed by atoms with van der Waals surface area (Å²) < 4.78 is 7.10. The van der Waals surface area contributed by atoms with Gasteiger partial charge in [-0.3, -0.25) is 4.79 Å². The monoisotopic (exact) mass is 260 g/mol. The normalized spacial score (nSPS) is 19.1. The molecule has 1 aliphatic heterocycles. The third kappa shape index (κ3) is 2.14. The van der Waals surface area contributed by atoms with Crippen molar-refractivity contribution in [2.75, 3.05) is 13.1 Å². The van der Waals surface area contributed by atoms with Crippen molar-refractivity contribution in [3.63, 3.8) is 0 Å². The number of hydrogen-bond acceptors (Lipinski definition) is 4. The fourth-order valence-corrected chi connectivity index (χ4v) is 2.65. The maximum absolute atomic E-state index is 12.1. The van der Waals surface area contributed by atoms with Crippen molar-refractivity contribution in [1.29, 1.82) is 0 Å². The lowest BCUT2D eigenvalue weighted by molar-refractivity contribution is 0.0759. The van der Waals surface area contributed by atoms with Gasteiger partial charge in [0.1, 0.15) is 5.82 Å². The number of aromatic nitrogens is 3. The molecule has 1 unspecified atom stereocenters. The molecule has 2 aromatic heterocycles. The van der Waals surface area contributed by atoms with E-state index in [9.17, 15) is 4.79 Å². The van der Waals surface area contributed by atoms with E-state index in [0.717, 1.165) is 24.5 Å². The Morgan fingerprint density at radius 1 is 1.53 bits per heavy atom. The second-order valence-electron chi connectivity index (χ2n) is 4.95. The summed E-state index contributed by atoms with van der Waals surface area (Å²) in [7, 11) is 2.00. The van der Waals surface area contributed by atoms with Crippen LogP contribution >= 0.6 is 0 Å². The summed E-state index contributed by atoms with van der Waals surface area (Å²) in [5.41, 5.74) is 1.01. The Bertz CT molecular complexity index is 588. The molecule has 0 N–H and O–H groups in total. The van der Waals surface area contributed by atoms with Gasteiger partial charge in [-0.05, 0) is 13.3 Å². The van der Waals surface area contributed by atoms with Crippen LogP contribution in [0.3, 0.4) is 0 Å². The summed E-state index contributed by atoms with van der Waals surface area (Å²) in [5, 5.41) is 0. The summed E-state index contributed by atoms with van der Waals surface area (Å²) in [6, 6.07) is 0. The molecule has 0 aromatic carbocycles. The van der Waals surface area contributed by atoms with Gasteiger partial charge >= 0.3 is 0 Å². The first-order chi connectivity index (χ1) is 9.15. The number of aryl methyl sites for hydroxylation is 2. The Labute approximate surface area is 111 Å². The highest BCUT2D eigenvalue weighted by molar-refractivity contribution is 5.91. The topological polar surface area (TPSA) is 64.2 Å².